The minimum absolute atomic E-state index is 0.0783. The Morgan fingerprint density at radius 2 is 1.76 bits per heavy atom. The Balaban J connectivity index is 2.25. The van der Waals surface area contributed by atoms with E-state index in [9.17, 15) is 24.6 Å². The quantitative estimate of drug-likeness (QED) is 0.308. The van der Waals surface area contributed by atoms with Crippen LogP contribution >= 0.6 is 0 Å². The Labute approximate surface area is 299 Å². The van der Waals surface area contributed by atoms with Crippen LogP contribution in [0.25, 0.3) is 0 Å². The van der Waals surface area contributed by atoms with Crippen molar-refractivity contribution < 1.29 is 48.3 Å². The molecule has 3 aliphatic heterocycles. The zero-order valence-electron chi connectivity index (χ0n) is 32.0. The zero-order valence-corrected chi connectivity index (χ0v) is 32.0. The molecule has 3 saturated heterocycles. The molecule has 50 heavy (non-hydrogen) atoms. The number of hydrogen-bond donors (Lipinski definition) is 2. The van der Waals surface area contributed by atoms with Crippen LogP contribution in [0.3, 0.4) is 0 Å². The maximum atomic E-state index is 13.7. The SMILES string of the molecule is C#CCCN(C)[C@H]1C[C@@H](C)OC(O[C@@H]2[C@@H](C)[C@H](O)[C@@H](C)C(=O)O[C@H](CC)[C@@](C)(O)[C@@H]3OCC(=O)CO[C@]2(C)C[C@@H](C)/C(=N\C(C)=O)[C@@H]3C)[C@@H]1C. The van der Waals surface area contributed by atoms with Gasteiger partial charge in [-0.05, 0) is 59.9 Å². The van der Waals surface area contributed by atoms with E-state index in [0.717, 1.165) is 6.42 Å². The smallest absolute Gasteiger partial charge is 0.311 e. The maximum absolute atomic E-state index is 13.7. The van der Waals surface area contributed by atoms with Gasteiger partial charge in [-0.2, -0.15) is 0 Å². The number of carbonyl (C=O) groups excluding carboxylic acids is 3. The fraction of sp³-hybridized carbons (Fsp3) is 0.842. The molecule has 1 amide bonds. The number of ketones is 1. The molecular weight excluding hydrogens is 644 g/mol. The molecule has 284 valence electrons. The highest BCUT2D eigenvalue weighted by Crippen LogP contribution is 2.41. The molecule has 12 nitrogen and oxygen atoms in total. The van der Waals surface area contributed by atoms with Gasteiger partial charge in [0.15, 0.2) is 12.1 Å². The number of cyclic esters (lactones) is 1. The Bertz CT molecular complexity index is 1260. The van der Waals surface area contributed by atoms with E-state index in [-0.39, 0.29) is 43.3 Å². The third-order valence-corrected chi connectivity index (χ3v) is 11.2. The summed E-state index contributed by atoms with van der Waals surface area (Å²) in [6.45, 7) is 17.5. The van der Waals surface area contributed by atoms with Crippen LogP contribution in [0.5, 0.6) is 0 Å². The number of aliphatic imine (C=N–C) groups is 1. The van der Waals surface area contributed by atoms with Crippen molar-refractivity contribution in [1.29, 1.82) is 0 Å². The van der Waals surface area contributed by atoms with Gasteiger partial charge in [-0.1, -0.05) is 34.6 Å². The number of Topliss-reactive ketones (excluding diaryl/α,β-unsaturated/α-hetero) is 1. The van der Waals surface area contributed by atoms with E-state index in [0.29, 0.717) is 18.7 Å². The molecule has 3 heterocycles. The van der Waals surface area contributed by atoms with E-state index in [4.69, 9.17) is 30.1 Å². The van der Waals surface area contributed by atoms with E-state index in [1.807, 2.05) is 27.8 Å². The minimum Gasteiger partial charge on any atom is -0.459 e. The summed E-state index contributed by atoms with van der Waals surface area (Å²) in [5.41, 5.74) is -2.64. The Morgan fingerprint density at radius 3 is 2.36 bits per heavy atom. The second-order valence-electron chi connectivity index (χ2n) is 15.5. The van der Waals surface area contributed by atoms with Crippen molar-refractivity contribution in [2.24, 2.45) is 34.6 Å². The molecule has 3 rings (SSSR count). The molecule has 3 fully saturated rings. The number of aliphatic hydroxyl groups is 2. The van der Waals surface area contributed by atoms with E-state index >= 15 is 0 Å². The molecule has 0 saturated carbocycles. The number of terminal acetylenes is 1. The predicted molar refractivity (Wildman–Crippen MR) is 188 cm³/mol. The molecular formula is C38H62N2O10. The molecule has 0 radical (unpaired) electrons. The van der Waals surface area contributed by atoms with Crippen molar-refractivity contribution in [3.05, 3.63) is 0 Å². The summed E-state index contributed by atoms with van der Waals surface area (Å²) >= 11 is 0. The average Bonchev–Trinajstić information content (AvgIpc) is 3.06. The first-order valence-corrected chi connectivity index (χ1v) is 18.2. The molecule has 12 heteroatoms. The molecule has 1 unspecified atom stereocenters. The molecule has 0 aromatic carbocycles. The van der Waals surface area contributed by atoms with Gasteiger partial charge in [0.2, 0.25) is 5.91 Å². The summed E-state index contributed by atoms with van der Waals surface area (Å²) in [5.74, 6) is -1.84. The van der Waals surface area contributed by atoms with Crippen molar-refractivity contribution in [3.63, 3.8) is 0 Å². The molecule has 3 aliphatic rings. The summed E-state index contributed by atoms with van der Waals surface area (Å²) in [4.78, 5) is 46.4. The van der Waals surface area contributed by atoms with Gasteiger partial charge in [0.1, 0.15) is 24.9 Å². The van der Waals surface area contributed by atoms with Crippen molar-refractivity contribution in [2.45, 2.75) is 149 Å². The third kappa shape index (κ3) is 9.59. The van der Waals surface area contributed by atoms with Gasteiger partial charge in [0.05, 0.1) is 35.9 Å². The predicted octanol–water partition coefficient (Wildman–Crippen LogP) is 3.58. The normalized spacial score (nSPS) is 43.3. The van der Waals surface area contributed by atoms with E-state index in [2.05, 4.69) is 22.7 Å². The first-order valence-electron chi connectivity index (χ1n) is 18.2. The van der Waals surface area contributed by atoms with Gasteiger partial charge in [0, 0.05) is 49.4 Å². The molecule has 2 bridgehead atoms. The number of nitrogens with zero attached hydrogens (tertiary/aromatic N) is 2. The maximum Gasteiger partial charge on any atom is 0.311 e. The van der Waals surface area contributed by atoms with Crippen LogP contribution in [-0.2, 0) is 38.1 Å². The first kappa shape index (κ1) is 42.2. The van der Waals surface area contributed by atoms with Crippen molar-refractivity contribution in [2.75, 3.05) is 26.8 Å². The highest BCUT2D eigenvalue weighted by molar-refractivity contribution is 5.98. The molecule has 14 atom stereocenters. The second-order valence-corrected chi connectivity index (χ2v) is 15.5. The number of amides is 1. The number of rotatable bonds is 6. The average molecular weight is 707 g/mol. The number of hydrogen-bond acceptors (Lipinski definition) is 11. The zero-order chi connectivity index (χ0) is 37.7. The lowest BCUT2D eigenvalue weighted by molar-refractivity contribution is -0.290. The summed E-state index contributed by atoms with van der Waals surface area (Å²) in [5, 5.41) is 24.0. The van der Waals surface area contributed by atoms with Gasteiger partial charge in [-0.15, -0.1) is 12.3 Å². The fourth-order valence-corrected chi connectivity index (χ4v) is 8.33. The topological polar surface area (TPSA) is 153 Å². The largest absolute Gasteiger partial charge is 0.459 e. The van der Waals surface area contributed by atoms with Crippen molar-refractivity contribution in [1.82, 2.24) is 4.90 Å². The van der Waals surface area contributed by atoms with Crippen LogP contribution in [-0.4, -0.2) is 119 Å². The number of ether oxygens (including phenoxy) is 5. The Hall–Kier alpha value is -2.24. The molecule has 0 aliphatic carbocycles. The van der Waals surface area contributed by atoms with Gasteiger partial charge in [-0.25, -0.2) is 4.99 Å². The highest BCUT2D eigenvalue weighted by atomic mass is 16.7. The van der Waals surface area contributed by atoms with Crippen LogP contribution in [0.15, 0.2) is 4.99 Å². The van der Waals surface area contributed by atoms with E-state index in [1.165, 1.54) is 13.8 Å². The molecule has 0 spiro atoms. The lowest BCUT2D eigenvalue weighted by Crippen LogP contribution is -2.59. The van der Waals surface area contributed by atoms with Gasteiger partial charge in [-0.3, -0.25) is 14.4 Å². The van der Waals surface area contributed by atoms with Crippen molar-refractivity contribution in [3.8, 4) is 12.3 Å². The minimum atomic E-state index is -1.80. The fourth-order valence-electron chi connectivity index (χ4n) is 8.33. The van der Waals surface area contributed by atoms with Crippen molar-refractivity contribution >= 4 is 23.4 Å². The summed E-state index contributed by atoms with van der Waals surface area (Å²) < 4.78 is 32.1. The van der Waals surface area contributed by atoms with Crippen LogP contribution in [0, 0.1) is 41.9 Å². The van der Waals surface area contributed by atoms with Crippen LogP contribution in [0.4, 0.5) is 0 Å². The lowest BCUT2D eigenvalue weighted by Gasteiger charge is -2.49. The van der Waals surface area contributed by atoms with Crippen LogP contribution in [0.2, 0.25) is 0 Å². The van der Waals surface area contributed by atoms with Gasteiger partial charge < -0.3 is 38.8 Å². The number of aliphatic hydroxyl groups excluding tert-OH is 1. The number of fused-ring (bicyclic) bond motifs is 5. The van der Waals surface area contributed by atoms with Gasteiger partial charge in [0.25, 0.3) is 0 Å². The standard InChI is InChI=1S/C38H62N2O10/c1-13-15-16-40(12)29-17-22(4)48-36(23(29)5)50-33-25(7)32(43)26(8)35(44)49-30(14-2)38(11,45)34-24(6)31(39-27(9)41)21(3)18-37(33,10)47-20-28(42)19-46-34/h1,21-26,29-30,32-34,36,43,45H,14-20H2,2-12H3/b39-31+/t21-,22-,23-,24+,25+,26-,29+,30-,32+,33-,34-,36?,37-,38-/m1/s1. The number of carbonyl (C=O) groups is 3. The third-order valence-electron chi connectivity index (χ3n) is 11.2. The molecule has 0 aromatic heterocycles. The highest BCUT2D eigenvalue weighted by Gasteiger charge is 2.53. The number of esters is 1. The Morgan fingerprint density at radius 1 is 1.10 bits per heavy atom. The Kier molecular flexibility index (Phi) is 14.8. The summed E-state index contributed by atoms with van der Waals surface area (Å²) in [7, 11) is 2.03. The summed E-state index contributed by atoms with van der Waals surface area (Å²) in [6, 6.07) is 0.0783. The second kappa shape index (κ2) is 17.5. The lowest BCUT2D eigenvalue weighted by atomic mass is 9.73. The molecule has 2 N–H and O–H groups in total. The van der Waals surface area contributed by atoms with E-state index in [1.54, 1.807) is 27.7 Å². The first-order chi connectivity index (χ1) is 23.3. The van der Waals surface area contributed by atoms with E-state index < -0.39 is 84.1 Å². The summed E-state index contributed by atoms with van der Waals surface area (Å²) in [6.07, 6.45) is 2.10. The van der Waals surface area contributed by atoms with Crippen LogP contribution in [0.1, 0.15) is 94.9 Å². The molecule has 0 aromatic rings. The monoisotopic (exact) mass is 706 g/mol. The van der Waals surface area contributed by atoms with Crippen LogP contribution < -0.4 is 0 Å². The van der Waals surface area contributed by atoms with Gasteiger partial charge >= 0.3 is 5.97 Å².